The summed E-state index contributed by atoms with van der Waals surface area (Å²) >= 11 is 6.47. The van der Waals surface area contributed by atoms with Crippen LogP contribution in [0.5, 0.6) is 0 Å². The van der Waals surface area contributed by atoms with Gasteiger partial charge in [-0.1, -0.05) is 48.0 Å². The first-order valence-electron chi connectivity index (χ1n) is 9.59. The summed E-state index contributed by atoms with van der Waals surface area (Å²) in [6, 6.07) is 20.8. The molecule has 0 aliphatic carbocycles. The average molecular weight is 430 g/mol. The second kappa shape index (κ2) is 7.11. The summed E-state index contributed by atoms with van der Waals surface area (Å²) in [6.07, 6.45) is 0. The third-order valence-corrected chi connectivity index (χ3v) is 5.80. The van der Waals surface area contributed by atoms with E-state index < -0.39 is 0 Å². The van der Waals surface area contributed by atoms with Crippen LogP contribution in [0.4, 0.5) is 11.4 Å². The standard InChI is InChI=1S/C24H16ClN3O3/c1-27-19-12-5-4-11-18(19)20(25)21(27)22(29)26-14-7-6-8-15(13-14)28-23(30)16-9-2-3-10-17(16)24(28)31/h2-13H,1H3,(H,26,29). The number of carbonyl (C=O) groups is 3. The number of aromatic nitrogens is 1. The molecule has 0 atom stereocenters. The minimum Gasteiger partial charge on any atom is -0.338 e. The van der Waals surface area contributed by atoms with Gasteiger partial charge in [-0.05, 0) is 36.4 Å². The number of para-hydroxylation sites is 1. The maximum Gasteiger partial charge on any atom is 0.273 e. The summed E-state index contributed by atoms with van der Waals surface area (Å²) in [6.45, 7) is 0. The average Bonchev–Trinajstić information content (AvgIpc) is 3.19. The predicted molar refractivity (Wildman–Crippen MR) is 120 cm³/mol. The fourth-order valence-corrected chi connectivity index (χ4v) is 4.31. The first-order valence-corrected chi connectivity index (χ1v) is 9.97. The first kappa shape index (κ1) is 19.1. The molecule has 7 heteroatoms. The van der Waals surface area contributed by atoms with Gasteiger partial charge in [-0.2, -0.15) is 0 Å². The van der Waals surface area contributed by atoms with Crippen molar-refractivity contribution in [3.8, 4) is 0 Å². The normalized spacial score (nSPS) is 13.0. The molecule has 0 saturated heterocycles. The molecule has 152 valence electrons. The van der Waals surface area contributed by atoms with Crippen LogP contribution in [-0.2, 0) is 7.05 Å². The number of carbonyl (C=O) groups excluding carboxylic acids is 3. The number of hydrogen-bond donors (Lipinski definition) is 1. The van der Waals surface area contributed by atoms with Crippen molar-refractivity contribution in [3.63, 3.8) is 0 Å². The van der Waals surface area contributed by atoms with Gasteiger partial charge in [0.1, 0.15) is 5.69 Å². The van der Waals surface area contributed by atoms with E-state index in [-0.39, 0.29) is 17.7 Å². The molecule has 6 nitrogen and oxygen atoms in total. The summed E-state index contributed by atoms with van der Waals surface area (Å²) in [5, 5.41) is 3.98. The van der Waals surface area contributed by atoms with Gasteiger partial charge in [-0.15, -0.1) is 0 Å². The summed E-state index contributed by atoms with van der Waals surface area (Å²) in [4.78, 5) is 39.6. The van der Waals surface area contributed by atoms with Gasteiger partial charge in [0.15, 0.2) is 0 Å². The lowest BCUT2D eigenvalue weighted by atomic mass is 10.1. The largest absolute Gasteiger partial charge is 0.338 e. The molecule has 1 N–H and O–H groups in total. The Bertz CT molecular complexity index is 1330. The molecule has 0 bridgehead atoms. The van der Waals surface area contributed by atoms with E-state index in [1.54, 1.807) is 60.1 Å². The molecule has 3 amide bonds. The van der Waals surface area contributed by atoms with Crippen molar-refractivity contribution in [2.75, 3.05) is 10.2 Å². The van der Waals surface area contributed by atoms with Gasteiger partial charge >= 0.3 is 0 Å². The Hall–Kier alpha value is -3.90. The second-order valence-electron chi connectivity index (χ2n) is 7.23. The number of nitrogens with zero attached hydrogens (tertiary/aromatic N) is 2. The highest BCUT2D eigenvalue weighted by molar-refractivity contribution is 6.39. The summed E-state index contributed by atoms with van der Waals surface area (Å²) in [5.41, 5.74) is 2.73. The van der Waals surface area contributed by atoms with Crippen LogP contribution in [0.2, 0.25) is 5.02 Å². The molecular weight excluding hydrogens is 414 g/mol. The zero-order valence-electron chi connectivity index (χ0n) is 16.4. The number of amides is 3. The van der Waals surface area contributed by atoms with E-state index in [4.69, 9.17) is 11.6 Å². The Kier molecular flexibility index (Phi) is 4.38. The van der Waals surface area contributed by atoms with Crippen molar-refractivity contribution in [2.24, 2.45) is 7.05 Å². The number of fused-ring (bicyclic) bond motifs is 2. The monoisotopic (exact) mass is 429 g/mol. The number of imide groups is 1. The van der Waals surface area contributed by atoms with Gasteiger partial charge in [0.05, 0.1) is 21.8 Å². The van der Waals surface area contributed by atoms with Crippen LogP contribution in [0, 0.1) is 0 Å². The first-order chi connectivity index (χ1) is 15.0. The highest BCUT2D eigenvalue weighted by Gasteiger charge is 2.36. The lowest BCUT2D eigenvalue weighted by molar-refractivity contribution is 0.0925. The van der Waals surface area contributed by atoms with Crippen molar-refractivity contribution in [1.29, 1.82) is 0 Å². The maximum atomic E-state index is 13.0. The fourth-order valence-electron chi connectivity index (χ4n) is 3.94. The highest BCUT2D eigenvalue weighted by atomic mass is 35.5. The van der Waals surface area contributed by atoms with Gasteiger partial charge in [0.25, 0.3) is 17.7 Å². The number of anilines is 2. The van der Waals surface area contributed by atoms with Crippen molar-refractivity contribution in [1.82, 2.24) is 4.57 Å². The molecule has 0 fully saturated rings. The van der Waals surface area contributed by atoms with Crippen molar-refractivity contribution in [2.45, 2.75) is 0 Å². The molecule has 5 rings (SSSR count). The quantitative estimate of drug-likeness (QED) is 0.471. The van der Waals surface area contributed by atoms with E-state index in [0.717, 1.165) is 15.8 Å². The van der Waals surface area contributed by atoms with Gasteiger partial charge in [-0.3, -0.25) is 14.4 Å². The van der Waals surface area contributed by atoms with E-state index in [1.165, 1.54) is 0 Å². The number of benzene rings is 3. The fraction of sp³-hybridized carbons (Fsp3) is 0.0417. The molecule has 3 aromatic carbocycles. The molecule has 1 aliphatic heterocycles. The van der Waals surface area contributed by atoms with E-state index >= 15 is 0 Å². The molecule has 1 aliphatic rings. The van der Waals surface area contributed by atoms with E-state index in [2.05, 4.69) is 5.32 Å². The van der Waals surface area contributed by atoms with E-state index in [9.17, 15) is 14.4 Å². The topological polar surface area (TPSA) is 71.4 Å². The maximum absolute atomic E-state index is 13.0. The zero-order chi connectivity index (χ0) is 21.7. The molecule has 0 radical (unpaired) electrons. The molecule has 0 saturated carbocycles. The minimum atomic E-state index is -0.388. The van der Waals surface area contributed by atoms with Gasteiger partial charge in [0.2, 0.25) is 0 Å². The molecule has 4 aromatic rings. The van der Waals surface area contributed by atoms with Crippen LogP contribution in [0.3, 0.4) is 0 Å². The number of rotatable bonds is 3. The van der Waals surface area contributed by atoms with Crippen LogP contribution in [0.15, 0.2) is 72.8 Å². The van der Waals surface area contributed by atoms with E-state index in [0.29, 0.717) is 33.2 Å². The van der Waals surface area contributed by atoms with E-state index in [1.807, 2.05) is 24.3 Å². The van der Waals surface area contributed by atoms with Crippen LogP contribution in [-0.4, -0.2) is 22.3 Å². The molecule has 31 heavy (non-hydrogen) atoms. The molecule has 1 aromatic heterocycles. The third kappa shape index (κ3) is 2.92. The Morgan fingerprint density at radius 2 is 1.52 bits per heavy atom. The van der Waals surface area contributed by atoms with Crippen molar-refractivity contribution >= 4 is 51.6 Å². The molecular formula is C24H16ClN3O3. The summed E-state index contributed by atoms with van der Waals surface area (Å²) in [7, 11) is 1.78. The molecule has 0 spiro atoms. The van der Waals surface area contributed by atoms with Crippen LogP contribution in [0.1, 0.15) is 31.2 Å². The second-order valence-corrected chi connectivity index (χ2v) is 7.61. The lowest BCUT2D eigenvalue weighted by Crippen LogP contribution is -2.29. The number of hydrogen-bond acceptors (Lipinski definition) is 3. The SMILES string of the molecule is Cn1c(C(=O)Nc2cccc(N3C(=O)c4ccccc4C3=O)c2)c(Cl)c2ccccc21. The smallest absolute Gasteiger partial charge is 0.273 e. The Balaban J connectivity index is 1.47. The zero-order valence-corrected chi connectivity index (χ0v) is 17.2. The highest BCUT2D eigenvalue weighted by Crippen LogP contribution is 2.32. The summed E-state index contributed by atoms with van der Waals surface area (Å²) in [5.74, 6) is -1.16. The Labute approximate surface area is 182 Å². The van der Waals surface area contributed by atoms with Gasteiger partial charge < -0.3 is 9.88 Å². The van der Waals surface area contributed by atoms with Crippen molar-refractivity contribution in [3.05, 3.63) is 94.6 Å². The van der Waals surface area contributed by atoms with Crippen LogP contribution >= 0.6 is 11.6 Å². The summed E-state index contributed by atoms with van der Waals surface area (Å²) < 4.78 is 1.74. The predicted octanol–water partition coefficient (Wildman–Crippen LogP) is 4.88. The van der Waals surface area contributed by atoms with Crippen molar-refractivity contribution < 1.29 is 14.4 Å². The number of nitrogens with one attached hydrogen (secondary N) is 1. The molecule has 0 unspecified atom stereocenters. The minimum absolute atomic E-state index is 0.328. The number of aryl methyl sites for hydroxylation is 1. The Morgan fingerprint density at radius 3 is 2.19 bits per heavy atom. The number of halogens is 1. The Morgan fingerprint density at radius 1 is 0.871 bits per heavy atom. The lowest BCUT2D eigenvalue weighted by Gasteiger charge is -2.15. The van der Waals surface area contributed by atoms with Crippen LogP contribution in [0.25, 0.3) is 10.9 Å². The van der Waals surface area contributed by atoms with Gasteiger partial charge in [0, 0.05) is 23.6 Å². The van der Waals surface area contributed by atoms with Crippen LogP contribution < -0.4 is 10.2 Å². The molecule has 2 heterocycles. The third-order valence-electron chi connectivity index (χ3n) is 5.42. The van der Waals surface area contributed by atoms with Gasteiger partial charge in [-0.25, -0.2) is 4.90 Å².